The summed E-state index contributed by atoms with van der Waals surface area (Å²) in [6.07, 6.45) is 4.60. The second-order valence-corrected chi connectivity index (χ2v) is 10.6. The van der Waals surface area contributed by atoms with Crippen LogP contribution in [0.2, 0.25) is 0 Å². The van der Waals surface area contributed by atoms with Crippen molar-refractivity contribution in [2.75, 3.05) is 25.7 Å². The average molecular weight is 448 g/mol. The Morgan fingerprint density at radius 2 is 1.87 bits per heavy atom. The van der Waals surface area contributed by atoms with Gasteiger partial charge in [0.25, 0.3) is 0 Å². The number of amides is 1. The molecule has 0 aliphatic heterocycles. The van der Waals surface area contributed by atoms with E-state index in [1.165, 1.54) is 18.4 Å². The Balaban J connectivity index is 2.54. The van der Waals surface area contributed by atoms with E-state index in [0.29, 0.717) is 23.1 Å². The van der Waals surface area contributed by atoms with Crippen LogP contribution in [-0.4, -0.2) is 38.7 Å². The fraction of sp³-hybridized carbons (Fsp3) is 0.680. The van der Waals surface area contributed by atoms with Crippen LogP contribution in [0.25, 0.3) is 0 Å². The first kappa shape index (κ1) is 25.4. The van der Waals surface area contributed by atoms with Crippen LogP contribution in [0, 0.1) is 29.1 Å². The molecule has 172 valence electrons. The van der Waals surface area contributed by atoms with Crippen LogP contribution in [0.1, 0.15) is 81.3 Å². The zero-order valence-electron chi connectivity index (χ0n) is 20.0. The van der Waals surface area contributed by atoms with Crippen molar-refractivity contribution < 1.29 is 19.1 Å². The van der Waals surface area contributed by atoms with Crippen molar-refractivity contribution in [1.82, 2.24) is 0 Å². The smallest absolute Gasteiger partial charge is 0.350 e. The number of thiophene rings is 1. The Morgan fingerprint density at radius 3 is 2.39 bits per heavy atom. The Labute approximate surface area is 191 Å². The van der Waals surface area contributed by atoms with Crippen LogP contribution in [0.15, 0.2) is 6.07 Å². The molecule has 5 nitrogen and oxygen atoms in total. The van der Waals surface area contributed by atoms with Crippen molar-refractivity contribution in [1.29, 1.82) is 0 Å². The van der Waals surface area contributed by atoms with E-state index in [1.54, 1.807) is 12.0 Å². The molecule has 1 aromatic heterocycles. The van der Waals surface area contributed by atoms with Crippen molar-refractivity contribution in [3.63, 3.8) is 0 Å². The highest BCUT2D eigenvalue weighted by Gasteiger charge is 2.35. The Bertz CT molecular complexity index is 819. The molecule has 1 atom stereocenters. The predicted molar refractivity (Wildman–Crippen MR) is 127 cm³/mol. The number of esters is 1. The second-order valence-electron chi connectivity index (χ2n) is 9.50. The van der Waals surface area contributed by atoms with Crippen LogP contribution in [0.5, 0.6) is 0 Å². The largest absolute Gasteiger partial charge is 0.465 e. The Kier molecular flexibility index (Phi) is 9.14. The summed E-state index contributed by atoms with van der Waals surface area (Å²) in [5.74, 6) is 6.67. The van der Waals surface area contributed by atoms with Gasteiger partial charge in [-0.15, -0.1) is 11.3 Å². The lowest BCUT2D eigenvalue weighted by atomic mass is 9.82. The molecule has 1 unspecified atom stereocenters. The molecule has 1 saturated carbocycles. The highest BCUT2D eigenvalue weighted by molar-refractivity contribution is 7.15. The first-order valence-corrected chi connectivity index (χ1v) is 12.0. The number of methoxy groups -OCH3 is 2. The molecule has 0 spiro atoms. The summed E-state index contributed by atoms with van der Waals surface area (Å²) in [4.78, 5) is 29.4. The highest BCUT2D eigenvalue weighted by Crippen LogP contribution is 2.37. The van der Waals surface area contributed by atoms with Gasteiger partial charge in [-0.3, -0.25) is 4.79 Å². The fourth-order valence-corrected chi connectivity index (χ4v) is 4.80. The minimum atomic E-state index is -0.439. The van der Waals surface area contributed by atoms with E-state index in [4.69, 9.17) is 9.47 Å². The van der Waals surface area contributed by atoms with Crippen molar-refractivity contribution in [3.8, 4) is 11.8 Å². The van der Waals surface area contributed by atoms with Gasteiger partial charge in [0.05, 0.1) is 30.3 Å². The van der Waals surface area contributed by atoms with Gasteiger partial charge in [0, 0.05) is 18.4 Å². The van der Waals surface area contributed by atoms with Gasteiger partial charge in [0.2, 0.25) is 5.91 Å². The van der Waals surface area contributed by atoms with Gasteiger partial charge in [-0.1, -0.05) is 25.7 Å². The van der Waals surface area contributed by atoms with Gasteiger partial charge in [0.1, 0.15) is 4.88 Å². The van der Waals surface area contributed by atoms with Gasteiger partial charge >= 0.3 is 5.97 Å². The molecule has 1 heterocycles. The number of ether oxygens (including phenoxy) is 2. The molecule has 0 N–H and O–H groups in total. The summed E-state index contributed by atoms with van der Waals surface area (Å²) < 4.78 is 10.5. The number of anilines is 1. The fourth-order valence-electron chi connectivity index (χ4n) is 3.88. The summed E-state index contributed by atoms with van der Waals surface area (Å²) in [5, 5.41) is 0. The minimum Gasteiger partial charge on any atom is -0.465 e. The van der Waals surface area contributed by atoms with Crippen molar-refractivity contribution in [3.05, 3.63) is 15.8 Å². The van der Waals surface area contributed by atoms with E-state index in [-0.39, 0.29) is 23.3 Å². The average Bonchev–Trinajstić information content (AvgIpc) is 3.15. The van der Waals surface area contributed by atoms with Gasteiger partial charge in [-0.2, -0.15) is 0 Å². The Hall–Kier alpha value is -1.84. The maximum atomic E-state index is 13.8. The number of hydrogen-bond acceptors (Lipinski definition) is 5. The van der Waals surface area contributed by atoms with E-state index < -0.39 is 5.97 Å². The second kappa shape index (κ2) is 11.2. The third-order valence-electron chi connectivity index (χ3n) is 5.70. The third kappa shape index (κ3) is 6.82. The van der Waals surface area contributed by atoms with Crippen molar-refractivity contribution in [2.45, 2.75) is 72.8 Å². The molecular formula is C25H37NO4S. The number of carbonyl (C=O) groups is 2. The van der Waals surface area contributed by atoms with E-state index in [1.807, 2.05) is 33.8 Å². The normalized spacial score (nSPS) is 19.8. The van der Waals surface area contributed by atoms with Gasteiger partial charge in [-0.25, -0.2) is 4.79 Å². The molecule has 1 aliphatic carbocycles. The molecule has 0 radical (unpaired) electrons. The number of carbonyl (C=O) groups excluding carboxylic acids is 2. The lowest BCUT2D eigenvalue weighted by Gasteiger charge is -2.35. The van der Waals surface area contributed by atoms with E-state index in [2.05, 4.69) is 18.8 Å². The van der Waals surface area contributed by atoms with Gasteiger partial charge < -0.3 is 14.4 Å². The topological polar surface area (TPSA) is 55.8 Å². The quantitative estimate of drug-likeness (QED) is 0.408. The third-order valence-corrected chi connectivity index (χ3v) is 6.72. The van der Waals surface area contributed by atoms with Gasteiger partial charge in [-0.05, 0) is 64.9 Å². The van der Waals surface area contributed by atoms with Crippen LogP contribution in [-0.2, 0) is 14.3 Å². The van der Waals surface area contributed by atoms with E-state index >= 15 is 0 Å². The molecule has 1 fully saturated rings. The molecule has 6 heteroatoms. The molecular weight excluding hydrogens is 410 g/mol. The van der Waals surface area contributed by atoms with Gasteiger partial charge in [0.15, 0.2) is 0 Å². The lowest BCUT2D eigenvalue weighted by molar-refractivity contribution is -0.124. The number of nitrogens with zero attached hydrogens (tertiary/aromatic N) is 1. The zero-order valence-corrected chi connectivity index (χ0v) is 20.9. The monoisotopic (exact) mass is 447 g/mol. The molecule has 1 aromatic rings. The highest BCUT2D eigenvalue weighted by atomic mass is 32.1. The maximum Gasteiger partial charge on any atom is 0.350 e. The molecule has 0 saturated heterocycles. The summed E-state index contributed by atoms with van der Waals surface area (Å²) in [7, 11) is 3.01. The van der Waals surface area contributed by atoms with Crippen LogP contribution in [0.3, 0.4) is 0 Å². The molecule has 2 rings (SSSR count). The first-order valence-electron chi connectivity index (χ1n) is 11.2. The molecule has 0 aromatic carbocycles. The van der Waals surface area contributed by atoms with Crippen molar-refractivity contribution >= 4 is 28.9 Å². The van der Waals surface area contributed by atoms with Crippen LogP contribution in [0.4, 0.5) is 5.69 Å². The van der Waals surface area contributed by atoms with Crippen LogP contribution < -0.4 is 4.90 Å². The summed E-state index contributed by atoms with van der Waals surface area (Å²) in [6, 6.07) is 1.72. The standard InChI is InChI=1S/C25H37NO4S/c1-8-19(16-29-6)26(23(27)18-11-9-17(2)10-12-18)21-15-20(13-14-25(3,4)5)31-22(21)24(28)30-7/h15,17-19H,8-12,16H2,1-7H3. The predicted octanol–water partition coefficient (Wildman–Crippen LogP) is 5.52. The first-order chi connectivity index (χ1) is 14.6. The number of hydrogen-bond donors (Lipinski definition) is 0. The zero-order chi connectivity index (χ0) is 23.2. The SMILES string of the molecule is CCC(COC)N(C(=O)C1CCC(C)CC1)c1cc(C#CC(C)(C)C)sc1C(=O)OC. The molecule has 1 amide bonds. The van der Waals surface area contributed by atoms with Crippen molar-refractivity contribution in [2.24, 2.45) is 17.3 Å². The number of rotatable bonds is 7. The Morgan fingerprint density at radius 1 is 1.23 bits per heavy atom. The molecule has 1 aliphatic rings. The summed E-state index contributed by atoms with van der Waals surface area (Å²) in [5.41, 5.74) is 0.439. The lowest BCUT2D eigenvalue weighted by Crippen LogP contribution is -2.46. The van der Waals surface area contributed by atoms with E-state index in [0.717, 1.165) is 37.0 Å². The molecule has 0 bridgehead atoms. The van der Waals surface area contributed by atoms with Crippen LogP contribution >= 0.6 is 11.3 Å². The summed E-state index contributed by atoms with van der Waals surface area (Å²) >= 11 is 1.29. The minimum absolute atomic E-state index is 0.0309. The maximum absolute atomic E-state index is 13.8. The summed E-state index contributed by atoms with van der Waals surface area (Å²) in [6.45, 7) is 10.8. The van der Waals surface area contributed by atoms with E-state index in [9.17, 15) is 9.59 Å². The molecule has 31 heavy (non-hydrogen) atoms.